The van der Waals surface area contributed by atoms with Gasteiger partial charge in [-0.15, -0.1) is 0 Å². The minimum Gasteiger partial charge on any atom is -0.481 e. The summed E-state index contributed by atoms with van der Waals surface area (Å²) in [5.41, 5.74) is 7.77. The average Bonchev–Trinajstić information content (AvgIpc) is 2.47. The van der Waals surface area contributed by atoms with Crippen molar-refractivity contribution in [2.75, 3.05) is 24.3 Å². The van der Waals surface area contributed by atoms with E-state index < -0.39 is 0 Å². The zero-order chi connectivity index (χ0) is 14.4. The Morgan fingerprint density at radius 1 is 1.25 bits per heavy atom. The van der Waals surface area contributed by atoms with Crippen LogP contribution in [-0.2, 0) is 6.54 Å². The van der Waals surface area contributed by atoms with Gasteiger partial charge in [-0.2, -0.15) is 0 Å². The Labute approximate surface area is 119 Å². The van der Waals surface area contributed by atoms with Crippen LogP contribution in [0.25, 0.3) is 0 Å². The third-order valence-corrected chi connectivity index (χ3v) is 2.98. The Morgan fingerprint density at radius 3 is 2.80 bits per heavy atom. The maximum absolute atomic E-state index is 5.83. The maximum atomic E-state index is 5.83. The molecule has 0 aliphatic carbocycles. The highest BCUT2D eigenvalue weighted by Crippen LogP contribution is 2.19. The van der Waals surface area contributed by atoms with E-state index in [2.05, 4.69) is 27.9 Å². The summed E-state index contributed by atoms with van der Waals surface area (Å²) in [6, 6.07) is 9.76. The maximum Gasteiger partial charge on any atom is 0.218 e. The summed E-state index contributed by atoms with van der Waals surface area (Å²) in [5, 5.41) is 0. The molecule has 20 heavy (non-hydrogen) atoms. The van der Waals surface area contributed by atoms with Crippen LogP contribution in [0, 0.1) is 0 Å². The molecular formula is C15H20N4O. The molecule has 1 aromatic carbocycles. The zero-order valence-electron chi connectivity index (χ0n) is 11.9. The Bertz CT molecular complexity index is 559. The van der Waals surface area contributed by atoms with Crippen molar-refractivity contribution in [1.82, 2.24) is 9.97 Å². The first-order valence-electron chi connectivity index (χ1n) is 6.68. The Morgan fingerprint density at radius 2 is 2.10 bits per heavy atom. The number of rotatable bonds is 6. The molecule has 1 heterocycles. The highest BCUT2D eigenvalue weighted by Gasteiger charge is 2.09. The van der Waals surface area contributed by atoms with Crippen molar-refractivity contribution in [1.29, 1.82) is 0 Å². The van der Waals surface area contributed by atoms with E-state index in [1.165, 1.54) is 6.33 Å². The predicted octanol–water partition coefficient (Wildman–Crippen LogP) is 2.48. The molecule has 1 aromatic heterocycles. The molecule has 2 N–H and O–H groups in total. The number of nitrogen functional groups attached to an aromatic ring is 1. The van der Waals surface area contributed by atoms with Crippen LogP contribution in [0.15, 0.2) is 36.7 Å². The molecule has 106 valence electrons. The summed E-state index contributed by atoms with van der Waals surface area (Å²) in [4.78, 5) is 10.6. The van der Waals surface area contributed by atoms with Gasteiger partial charge in [0.1, 0.15) is 12.1 Å². The molecule has 0 aliphatic rings. The van der Waals surface area contributed by atoms with Crippen LogP contribution < -0.4 is 15.4 Å². The lowest BCUT2D eigenvalue weighted by molar-refractivity contribution is 0.396. The molecule has 2 rings (SSSR count). The number of nitrogens with zero attached hydrogens (tertiary/aromatic N) is 3. The molecule has 0 unspecified atom stereocenters. The SMILES string of the molecule is CCCN(Cc1cccc(N)c1)c1cc(OC)ncn1. The van der Waals surface area contributed by atoms with Gasteiger partial charge in [-0.25, -0.2) is 9.97 Å². The summed E-state index contributed by atoms with van der Waals surface area (Å²) < 4.78 is 5.15. The summed E-state index contributed by atoms with van der Waals surface area (Å²) in [6.07, 6.45) is 2.56. The van der Waals surface area contributed by atoms with Crippen LogP contribution in [0.3, 0.4) is 0 Å². The van der Waals surface area contributed by atoms with Crippen LogP contribution in [0.4, 0.5) is 11.5 Å². The normalized spacial score (nSPS) is 10.3. The fraction of sp³-hybridized carbons (Fsp3) is 0.333. The summed E-state index contributed by atoms with van der Waals surface area (Å²) in [5.74, 6) is 1.44. The lowest BCUT2D eigenvalue weighted by Crippen LogP contribution is -2.24. The van der Waals surface area contributed by atoms with Crippen LogP contribution >= 0.6 is 0 Å². The first-order valence-corrected chi connectivity index (χ1v) is 6.68. The van der Waals surface area contributed by atoms with Gasteiger partial charge in [-0.3, -0.25) is 0 Å². The van der Waals surface area contributed by atoms with Crippen LogP contribution in [-0.4, -0.2) is 23.6 Å². The number of anilines is 2. The molecule has 2 aromatic rings. The molecule has 5 nitrogen and oxygen atoms in total. The van der Waals surface area contributed by atoms with E-state index in [1.54, 1.807) is 7.11 Å². The molecule has 0 amide bonds. The quantitative estimate of drug-likeness (QED) is 0.818. The van der Waals surface area contributed by atoms with E-state index >= 15 is 0 Å². The average molecular weight is 272 g/mol. The molecule has 5 heteroatoms. The summed E-state index contributed by atoms with van der Waals surface area (Å²) in [6.45, 7) is 3.82. The largest absolute Gasteiger partial charge is 0.481 e. The zero-order valence-corrected chi connectivity index (χ0v) is 11.9. The molecule has 0 atom stereocenters. The van der Waals surface area contributed by atoms with Crippen molar-refractivity contribution in [2.24, 2.45) is 0 Å². The number of nitrogens with two attached hydrogens (primary N) is 1. The molecule has 0 aliphatic heterocycles. The Kier molecular flexibility index (Phi) is 4.76. The van der Waals surface area contributed by atoms with Gasteiger partial charge in [0.2, 0.25) is 5.88 Å². The van der Waals surface area contributed by atoms with Crippen molar-refractivity contribution in [3.8, 4) is 5.88 Å². The Hall–Kier alpha value is -2.30. The van der Waals surface area contributed by atoms with E-state index in [-0.39, 0.29) is 0 Å². The topological polar surface area (TPSA) is 64.3 Å². The molecule has 0 saturated heterocycles. The lowest BCUT2D eigenvalue weighted by atomic mass is 10.2. The third kappa shape index (κ3) is 3.60. The summed E-state index contributed by atoms with van der Waals surface area (Å²) in [7, 11) is 1.61. The highest BCUT2D eigenvalue weighted by atomic mass is 16.5. The van der Waals surface area contributed by atoms with Crippen LogP contribution in [0.2, 0.25) is 0 Å². The number of benzene rings is 1. The number of hydrogen-bond acceptors (Lipinski definition) is 5. The van der Waals surface area contributed by atoms with Gasteiger partial charge in [0, 0.05) is 24.8 Å². The van der Waals surface area contributed by atoms with E-state index in [1.807, 2.05) is 24.3 Å². The van der Waals surface area contributed by atoms with Crippen molar-refractivity contribution in [2.45, 2.75) is 19.9 Å². The highest BCUT2D eigenvalue weighted by molar-refractivity contribution is 5.45. The van der Waals surface area contributed by atoms with Crippen molar-refractivity contribution in [3.05, 3.63) is 42.2 Å². The van der Waals surface area contributed by atoms with E-state index in [0.29, 0.717) is 5.88 Å². The number of ether oxygens (including phenoxy) is 1. The van der Waals surface area contributed by atoms with Gasteiger partial charge in [-0.05, 0) is 24.1 Å². The summed E-state index contributed by atoms with van der Waals surface area (Å²) >= 11 is 0. The molecule has 0 radical (unpaired) electrons. The fourth-order valence-corrected chi connectivity index (χ4v) is 2.07. The van der Waals surface area contributed by atoms with Crippen molar-refractivity contribution in [3.63, 3.8) is 0 Å². The predicted molar refractivity (Wildman–Crippen MR) is 80.8 cm³/mol. The first kappa shape index (κ1) is 14.1. The smallest absolute Gasteiger partial charge is 0.218 e. The Balaban J connectivity index is 2.21. The van der Waals surface area contributed by atoms with Crippen molar-refractivity contribution < 1.29 is 4.74 Å². The number of aromatic nitrogens is 2. The van der Waals surface area contributed by atoms with E-state index in [0.717, 1.165) is 36.6 Å². The van der Waals surface area contributed by atoms with E-state index in [9.17, 15) is 0 Å². The van der Waals surface area contributed by atoms with Crippen LogP contribution in [0.5, 0.6) is 5.88 Å². The minimum atomic E-state index is 0.573. The second kappa shape index (κ2) is 6.75. The van der Waals surface area contributed by atoms with Crippen molar-refractivity contribution >= 4 is 11.5 Å². The molecule has 0 fully saturated rings. The third-order valence-electron chi connectivity index (χ3n) is 2.98. The van der Waals surface area contributed by atoms with Gasteiger partial charge < -0.3 is 15.4 Å². The first-order chi connectivity index (χ1) is 9.72. The van der Waals surface area contributed by atoms with Gasteiger partial charge in [0.15, 0.2) is 0 Å². The van der Waals surface area contributed by atoms with Gasteiger partial charge in [-0.1, -0.05) is 19.1 Å². The molecule has 0 bridgehead atoms. The molecule has 0 saturated carbocycles. The van der Waals surface area contributed by atoms with E-state index in [4.69, 9.17) is 10.5 Å². The standard InChI is InChI=1S/C15H20N4O/c1-3-7-19(10-12-5-4-6-13(16)8-12)14-9-15(20-2)18-11-17-14/h4-6,8-9,11H,3,7,10,16H2,1-2H3. The lowest BCUT2D eigenvalue weighted by Gasteiger charge is -2.23. The molecular weight excluding hydrogens is 252 g/mol. The second-order valence-electron chi connectivity index (χ2n) is 4.59. The molecule has 0 spiro atoms. The number of hydrogen-bond donors (Lipinski definition) is 1. The van der Waals surface area contributed by atoms with Gasteiger partial charge >= 0.3 is 0 Å². The van der Waals surface area contributed by atoms with Gasteiger partial charge in [0.25, 0.3) is 0 Å². The van der Waals surface area contributed by atoms with Gasteiger partial charge in [0.05, 0.1) is 7.11 Å². The minimum absolute atomic E-state index is 0.573. The second-order valence-corrected chi connectivity index (χ2v) is 4.59. The number of methoxy groups -OCH3 is 1. The monoisotopic (exact) mass is 272 g/mol. The fourth-order valence-electron chi connectivity index (χ4n) is 2.07. The van der Waals surface area contributed by atoms with Crippen LogP contribution in [0.1, 0.15) is 18.9 Å².